The highest BCUT2D eigenvalue weighted by Crippen LogP contribution is 2.32. The molecule has 2 aromatic heterocycles. The minimum Gasteiger partial charge on any atom is -0.349 e. The molecule has 4 rings (SSSR count). The lowest BCUT2D eigenvalue weighted by atomic mass is 9.78. The standard InChI is InChI=1S/C24H28N2OS/c1-14-7-5-8-20(17(14)4)26-24(27)19-13-22(23-9-6-10-28-23)25-21-12-16(3)15(2)11-18(19)21/h6,9-14,17,20H,5,7-8H2,1-4H3,(H,26,27)/t14-,17+,20+/m0/s1. The summed E-state index contributed by atoms with van der Waals surface area (Å²) in [4.78, 5) is 19.3. The smallest absolute Gasteiger partial charge is 0.252 e. The van der Waals surface area contributed by atoms with E-state index in [9.17, 15) is 4.79 Å². The first-order valence-corrected chi connectivity index (χ1v) is 11.1. The number of rotatable bonds is 3. The van der Waals surface area contributed by atoms with Crippen LogP contribution < -0.4 is 5.32 Å². The Hall–Kier alpha value is -2.20. The second kappa shape index (κ2) is 7.67. The zero-order valence-corrected chi connectivity index (χ0v) is 17.9. The molecule has 0 spiro atoms. The number of aromatic nitrogens is 1. The molecule has 0 bridgehead atoms. The van der Waals surface area contributed by atoms with Crippen LogP contribution in [0.25, 0.3) is 21.5 Å². The number of nitrogens with one attached hydrogen (secondary N) is 1. The van der Waals surface area contributed by atoms with E-state index < -0.39 is 0 Å². The van der Waals surface area contributed by atoms with Crippen LogP contribution in [-0.2, 0) is 0 Å². The van der Waals surface area contributed by atoms with Gasteiger partial charge >= 0.3 is 0 Å². The molecule has 0 unspecified atom stereocenters. The first-order chi connectivity index (χ1) is 13.4. The highest BCUT2D eigenvalue weighted by Gasteiger charge is 2.29. The Kier molecular flexibility index (Phi) is 5.24. The largest absolute Gasteiger partial charge is 0.349 e. The summed E-state index contributed by atoms with van der Waals surface area (Å²) in [5.74, 6) is 1.19. The van der Waals surface area contributed by atoms with Gasteiger partial charge in [0.2, 0.25) is 0 Å². The average Bonchev–Trinajstić information content (AvgIpc) is 3.20. The monoisotopic (exact) mass is 392 g/mol. The fourth-order valence-corrected chi connectivity index (χ4v) is 4.94. The molecule has 0 radical (unpaired) electrons. The highest BCUT2D eigenvalue weighted by molar-refractivity contribution is 7.13. The van der Waals surface area contributed by atoms with Crippen molar-refractivity contribution >= 4 is 28.1 Å². The molecule has 3 aromatic rings. The van der Waals surface area contributed by atoms with Gasteiger partial charge < -0.3 is 5.32 Å². The molecular formula is C24H28N2OS. The third-order valence-electron chi connectivity index (χ3n) is 6.47. The average molecular weight is 393 g/mol. The van der Waals surface area contributed by atoms with E-state index in [0.717, 1.165) is 33.5 Å². The zero-order valence-electron chi connectivity index (χ0n) is 17.1. The van der Waals surface area contributed by atoms with E-state index in [-0.39, 0.29) is 11.9 Å². The molecule has 2 heterocycles. The quantitative estimate of drug-likeness (QED) is 0.582. The first-order valence-electron chi connectivity index (χ1n) is 10.2. The fourth-order valence-electron chi connectivity index (χ4n) is 4.26. The van der Waals surface area contributed by atoms with Gasteiger partial charge in [-0.3, -0.25) is 4.79 Å². The third-order valence-corrected chi connectivity index (χ3v) is 7.36. The third kappa shape index (κ3) is 3.58. The van der Waals surface area contributed by atoms with E-state index in [1.54, 1.807) is 11.3 Å². The number of carbonyl (C=O) groups excluding carboxylic acids is 1. The number of fused-ring (bicyclic) bond motifs is 1. The molecule has 0 saturated heterocycles. The number of thiophene rings is 1. The topological polar surface area (TPSA) is 42.0 Å². The predicted molar refractivity (Wildman–Crippen MR) is 118 cm³/mol. The van der Waals surface area contributed by atoms with Crippen molar-refractivity contribution in [2.75, 3.05) is 0 Å². The lowest BCUT2D eigenvalue weighted by Crippen LogP contribution is -2.43. The van der Waals surface area contributed by atoms with Gasteiger partial charge in [0.1, 0.15) is 0 Å². The van der Waals surface area contributed by atoms with Crippen molar-refractivity contribution in [1.29, 1.82) is 0 Å². The van der Waals surface area contributed by atoms with Crippen molar-refractivity contribution < 1.29 is 4.79 Å². The Morgan fingerprint density at radius 2 is 1.93 bits per heavy atom. The van der Waals surface area contributed by atoms with Crippen LogP contribution in [0.2, 0.25) is 0 Å². The second-order valence-electron chi connectivity index (χ2n) is 8.33. The van der Waals surface area contributed by atoms with Gasteiger partial charge in [-0.1, -0.05) is 32.8 Å². The van der Waals surface area contributed by atoms with Gasteiger partial charge in [0, 0.05) is 11.4 Å². The number of pyridine rings is 1. The van der Waals surface area contributed by atoms with Gasteiger partial charge in [-0.25, -0.2) is 4.98 Å². The maximum atomic E-state index is 13.4. The van der Waals surface area contributed by atoms with E-state index in [1.165, 1.54) is 24.0 Å². The Bertz CT molecular complexity index is 1010. The normalized spacial score (nSPS) is 22.4. The molecule has 3 atom stereocenters. The summed E-state index contributed by atoms with van der Waals surface area (Å²) in [5.41, 5.74) is 4.89. The molecule has 3 nitrogen and oxygen atoms in total. The number of hydrogen-bond donors (Lipinski definition) is 1. The lowest BCUT2D eigenvalue weighted by Gasteiger charge is -2.34. The van der Waals surface area contributed by atoms with E-state index in [4.69, 9.17) is 4.98 Å². The van der Waals surface area contributed by atoms with Gasteiger partial charge in [-0.15, -0.1) is 11.3 Å². The summed E-state index contributed by atoms with van der Waals surface area (Å²) in [5, 5.41) is 6.34. The van der Waals surface area contributed by atoms with Crippen LogP contribution in [0.1, 0.15) is 54.6 Å². The molecule has 1 aromatic carbocycles. The van der Waals surface area contributed by atoms with Crippen LogP contribution in [0.5, 0.6) is 0 Å². The molecule has 1 saturated carbocycles. The molecule has 1 amide bonds. The van der Waals surface area contributed by atoms with Gasteiger partial charge in [0.25, 0.3) is 5.91 Å². The fraction of sp³-hybridized carbons (Fsp3) is 0.417. The number of carbonyl (C=O) groups is 1. The summed E-state index contributed by atoms with van der Waals surface area (Å²) in [6.45, 7) is 8.75. The maximum absolute atomic E-state index is 13.4. The van der Waals surface area contributed by atoms with E-state index in [2.05, 4.69) is 51.2 Å². The van der Waals surface area contributed by atoms with Gasteiger partial charge in [-0.05, 0) is 72.9 Å². The van der Waals surface area contributed by atoms with Crippen molar-refractivity contribution in [3.8, 4) is 10.6 Å². The van der Waals surface area contributed by atoms with Crippen LogP contribution in [-0.4, -0.2) is 16.9 Å². The molecule has 1 aliphatic carbocycles. The van der Waals surface area contributed by atoms with Crippen LogP contribution in [0, 0.1) is 25.7 Å². The zero-order chi connectivity index (χ0) is 19.8. The highest BCUT2D eigenvalue weighted by atomic mass is 32.1. The lowest BCUT2D eigenvalue weighted by molar-refractivity contribution is 0.0892. The van der Waals surface area contributed by atoms with E-state index >= 15 is 0 Å². The molecule has 28 heavy (non-hydrogen) atoms. The Labute approximate surface area is 171 Å². The summed E-state index contributed by atoms with van der Waals surface area (Å²) in [7, 11) is 0. The second-order valence-corrected chi connectivity index (χ2v) is 9.28. The molecule has 0 aliphatic heterocycles. The van der Waals surface area contributed by atoms with Crippen molar-refractivity contribution in [2.24, 2.45) is 11.8 Å². The van der Waals surface area contributed by atoms with Crippen LogP contribution in [0.15, 0.2) is 35.7 Å². The minimum atomic E-state index is 0.0272. The summed E-state index contributed by atoms with van der Waals surface area (Å²) < 4.78 is 0. The Morgan fingerprint density at radius 3 is 2.68 bits per heavy atom. The van der Waals surface area contributed by atoms with Crippen molar-refractivity contribution in [3.05, 3.63) is 52.4 Å². The number of aryl methyl sites for hydroxylation is 2. The van der Waals surface area contributed by atoms with E-state index in [0.29, 0.717) is 11.8 Å². The van der Waals surface area contributed by atoms with Crippen molar-refractivity contribution in [2.45, 2.75) is 53.0 Å². The van der Waals surface area contributed by atoms with Crippen molar-refractivity contribution in [3.63, 3.8) is 0 Å². The van der Waals surface area contributed by atoms with E-state index in [1.807, 2.05) is 17.5 Å². The molecule has 1 N–H and O–H groups in total. The van der Waals surface area contributed by atoms with Crippen LogP contribution in [0.4, 0.5) is 0 Å². The van der Waals surface area contributed by atoms with Gasteiger partial charge in [0.05, 0.1) is 21.7 Å². The Morgan fingerprint density at radius 1 is 1.14 bits per heavy atom. The Balaban J connectivity index is 1.77. The molecule has 4 heteroatoms. The molecule has 1 fully saturated rings. The predicted octanol–water partition coefficient (Wildman–Crippen LogP) is 6.13. The molecule has 146 valence electrons. The number of amides is 1. The number of nitrogens with zero attached hydrogens (tertiary/aromatic N) is 1. The first kappa shape index (κ1) is 19.1. The van der Waals surface area contributed by atoms with Crippen LogP contribution in [0.3, 0.4) is 0 Å². The molecular weight excluding hydrogens is 364 g/mol. The molecule has 1 aliphatic rings. The van der Waals surface area contributed by atoms with Crippen LogP contribution >= 0.6 is 11.3 Å². The summed E-state index contributed by atoms with van der Waals surface area (Å²) in [6, 6.07) is 10.5. The maximum Gasteiger partial charge on any atom is 0.252 e. The summed E-state index contributed by atoms with van der Waals surface area (Å²) >= 11 is 1.65. The van der Waals surface area contributed by atoms with Gasteiger partial charge in [-0.2, -0.15) is 0 Å². The number of hydrogen-bond acceptors (Lipinski definition) is 3. The SMILES string of the molecule is Cc1cc2nc(-c3cccs3)cc(C(=O)N[C@@H]3CCC[C@H](C)[C@H]3C)c2cc1C. The summed E-state index contributed by atoms with van der Waals surface area (Å²) in [6.07, 6.45) is 3.51. The minimum absolute atomic E-state index is 0.0272. The number of benzene rings is 1. The van der Waals surface area contributed by atoms with Gasteiger partial charge in [0.15, 0.2) is 0 Å². The van der Waals surface area contributed by atoms with Crippen molar-refractivity contribution in [1.82, 2.24) is 10.3 Å².